The number of piperidine rings is 1. The van der Waals surface area contributed by atoms with Crippen molar-refractivity contribution in [3.63, 3.8) is 0 Å². The van der Waals surface area contributed by atoms with Gasteiger partial charge in [-0.15, -0.1) is 0 Å². The summed E-state index contributed by atoms with van der Waals surface area (Å²) in [6.07, 6.45) is 4.22. The van der Waals surface area contributed by atoms with Gasteiger partial charge < -0.3 is 15.2 Å². The molecule has 3 N–H and O–H groups in total. The Morgan fingerprint density at radius 1 is 1.43 bits per heavy atom. The molecule has 1 aliphatic rings. The topological polar surface area (TPSA) is 98.1 Å². The van der Waals surface area contributed by atoms with Crippen LogP contribution in [0, 0.1) is 5.92 Å². The Balaban J connectivity index is 2.14. The van der Waals surface area contributed by atoms with Gasteiger partial charge in [-0.3, -0.25) is 14.6 Å². The van der Waals surface area contributed by atoms with Gasteiger partial charge in [0.2, 0.25) is 0 Å². The molecule has 7 heteroatoms. The van der Waals surface area contributed by atoms with Gasteiger partial charge >= 0.3 is 5.69 Å². The van der Waals surface area contributed by atoms with Gasteiger partial charge in [0.15, 0.2) is 0 Å². The number of carbonyl (C=O) groups excluding carboxylic acids is 1. The zero-order valence-electron chi connectivity index (χ0n) is 12.3. The summed E-state index contributed by atoms with van der Waals surface area (Å²) in [6, 6.07) is 0. The molecule has 0 radical (unpaired) electrons. The molecule has 1 atom stereocenters. The minimum absolute atomic E-state index is 0.00758. The molecule has 7 nitrogen and oxygen atoms in total. The lowest BCUT2D eigenvalue weighted by atomic mass is 9.98. The SMILES string of the molecule is CCCN(CC1CCCNC1)C(=O)c1c[nH]c(=O)[nH]c1=O. The third-order valence-corrected chi connectivity index (χ3v) is 3.71. The van der Waals surface area contributed by atoms with E-state index in [9.17, 15) is 14.4 Å². The number of carbonyl (C=O) groups is 1. The van der Waals surface area contributed by atoms with Crippen LogP contribution in [0.3, 0.4) is 0 Å². The number of hydrogen-bond acceptors (Lipinski definition) is 4. The minimum Gasteiger partial charge on any atom is -0.338 e. The van der Waals surface area contributed by atoms with Crippen LogP contribution >= 0.6 is 0 Å². The highest BCUT2D eigenvalue weighted by Crippen LogP contribution is 2.13. The number of hydrogen-bond donors (Lipinski definition) is 3. The molecule has 1 fully saturated rings. The first kappa shape index (κ1) is 15.5. The second-order valence-corrected chi connectivity index (χ2v) is 5.45. The molecule has 2 heterocycles. The highest BCUT2D eigenvalue weighted by molar-refractivity contribution is 5.93. The highest BCUT2D eigenvalue weighted by atomic mass is 16.2. The highest BCUT2D eigenvalue weighted by Gasteiger charge is 2.23. The summed E-state index contributed by atoms with van der Waals surface area (Å²) in [5.74, 6) is 0.0935. The van der Waals surface area contributed by atoms with E-state index in [1.807, 2.05) is 6.92 Å². The normalized spacial score (nSPS) is 18.4. The molecule has 1 amide bonds. The molecule has 1 aliphatic heterocycles. The van der Waals surface area contributed by atoms with Gasteiger partial charge in [-0.05, 0) is 38.3 Å². The summed E-state index contributed by atoms with van der Waals surface area (Å²) in [6.45, 7) is 5.16. The van der Waals surface area contributed by atoms with E-state index in [-0.39, 0.29) is 11.5 Å². The van der Waals surface area contributed by atoms with E-state index in [1.165, 1.54) is 6.20 Å². The lowest BCUT2D eigenvalue weighted by molar-refractivity contribution is 0.0716. The van der Waals surface area contributed by atoms with Crippen molar-refractivity contribution >= 4 is 5.91 Å². The molecular weight excluding hydrogens is 272 g/mol. The first-order valence-electron chi connectivity index (χ1n) is 7.43. The van der Waals surface area contributed by atoms with Gasteiger partial charge in [0.1, 0.15) is 5.56 Å². The van der Waals surface area contributed by atoms with E-state index in [0.717, 1.165) is 32.4 Å². The first-order valence-corrected chi connectivity index (χ1v) is 7.43. The smallest absolute Gasteiger partial charge is 0.325 e. The third kappa shape index (κ3) is 4.04. The number of nitrogens with one attached hydrogen (secondary N) is 3. The first-order chi connectivity index (χ1) is 10.1. The predicted molar refractivity (Wildman–Crippen MR) is 79.5 cm³/mol. The van der Waals surface area contributed by atoms with Crippen LogP contribution in [0.5, 0.6) is 0 Å². The lowest BCUT2D eigenvalue weighted by Crippen LogP contribution is -2.43. The van der Waals surface area contributed by atoms with E-state index >= 15 is 0 Å². The second kappa shape index (κ2) is 7.21. The largest absolute Gasteiger partial charge is 0.338 e. The average Bonchev–Trinajstić information content (AvgIpc) is 2.47. The third-order valence-electron chi connectivity index (χ3n) is 3.71. The van der Waals surface area contributed by atoms with Crippen LogP contribution in [0.25, 0.3) is 0 Å². The number of aromatic amines is 2. The van der Waals surface area contributed by atoms with Crippen LogP contribution in [0.1, 0.15) is 36.5 Å². The Bertz CT molecular complexity index is 586. The van der Waals surface area contributed by atoms with Gasteiger partial charge in [0.25, 0.3) is 11.5 Å². The Hall–Kier alpha value is -1.89. The number of amides is 1. The quantitative estimate of drug-likeness (QED) is 0.707. The van der Waals surface area contributed by atoms with Gasteiger partial charge in [-0.1, -0.05) is 6.92 Å². The number of nitrogens with zero attached hydrogens (tertiary/aromatic N) is 1. The number of H-pyrrole nitrogens is 2. The summed E-state index contributed by atoms with van der Waals surface area (Å²) in [4.78, 5) is 41.4. The number of rotatable bonds is 5. The Morgan fingerprint density at radius 2 is 2.24 bits per heavy atom. The zero-order valence-corrected chi connectivity index (χ0v) is 12.3. The predicted octanol–water partition coefficient (Wildman–Crippen LogP) is -0.0850. The minimum atomic E-state index is -0.633. The van der Waals surface area contributed by atoms with Crippen molar-refractivity contribution < 1.29 is 4.79 Å². The zero-order chi connectivity index (χ0) is 15.2. The summed E-state index contributed by atoms with van der Waals surface area (Å²) >= 11 is 0. The van der Waals surface area contributed by atoms with Crippen LogP contribution in [-0.4, -0.2) is 47.0 Å². The molecule has 2 rings (SSSR count). The van der Waals surface area contributed by atoms with E-state index in [4.69, 9.17) is 0 Å². The van der Waals surface area contributed by atoms with Gasteiger partial charge in [-0.2, -0.15) is 0 Å². The molecule has 0 saturated carbocycles. The Morgan fingerprint density at radius 3 is 2.86 bits per heavy atom. The van der Waals surface area contributed by atoms with Crippen LogP contribution in [0.2, 0.25) is 0 Å². The summed E-state index contributed by atoms with van der Waals surface area (Å²) in [5.41, 5.74) is -1.24. The summed E-state index contributed by atoms with van der Waals surface area (Å²) in [7, 11) is 0. The summed E-state index contributed by atoms with van der Waals surface area (Å²) in [5, 5.41) is 3.33. The van der Waals surface area contributed by atoms with Crippen molar-refractivity contribution in [2.45, 2.75) is 26.2 Å². The monoisotopic (exact) mass is 294 g/mol. The maximum atomic E-state index is 12.5. The summed E-state index contributed by atoms with van der Waals surface area (Å²) < 4.78 is 0. The van der Waals surface area contributed by atoms with Gasteiger partial charge in [0.05, 0.1) is 0 Å². The van der Waals surface area contributed by atoms with Crippen molar-refractivity contribution in [1.29, 1.82) is 0 Å². The molecule has 0 spiro atoms. The molecule has 1 aromatic rings. The molecule has 1 saturated heterocycles. The Kier molecular flexibility index (Phi) is 5.32. The van der Waals surface area contributed by atoms with Crippen LogP contribution < -0.4 is 16.6 Å². The van der Waals surface area contributed by atoms with Crippen LogP contribution in [-0.2, 0) is 0 Å². The Labute approximate surface area is 122 Å². The molecule has 1 aromatic heterocycles. The van der Waals surface area contributed by atoms with E-state index in [0.29, 0.717) is 19.0 Å². The van der Waals surface area contributed by atoms with Crippen molar-refractivity contribution in [3.8, 4) is 0 Å². The molecular formula is C14H22N4O3. The lowest BCUT2D eigenvalue weighted by Gasteiger charge is -2.30. The number of aromatic nitrogens is 2. The molecule has 1 unspecified atom stereocenters. The van der Waals surface area contributed by atoms with Crippen molar-refractivity contribution in [2.24, 2.45) is 5.92 Å². The molecule has 0 aliphatic carbocycles. The van der Waals surface area contributed by atoms with Crippen molar-refractivity contribution in [1.82, 2.24) is 20.2 Å². The van der Waals surface area contributed by atoms with Crippen molar-refractivity contribution in [3.05, 3.63) is 32.6 Å². The molecule has 0 bridgehead atoms. The van der Waals surface area contributed by atoms with E-state index in [1.54, 1.807) is 4.90 Å². The maximum Gasteiger partial charge on any atom is 0.325 e. The maximum absolute atomic E-state index is 12.5. The average molecular weight is 294 g/mol. The molecule has 116 valence electrons. The standard InChI is InChI=1S/C14H22N4O3/c1-2-6-18(9-10-4-3-5-15-7-10)13(20)11-8-16-14(21)17-12(11)19/h8,10,15H,2-7,9H2,1H3,(H2,16,17,19,21). The fourth-order valence-electron chi connectivity index (χ4n) is 2.68. The van der Waals surface area contributed by atoms with Crippen molar-refractivity contribution in [2.75, 3.05) is 26.2 Å². The van der Waals surface area contributed by atoms with Gasteiger partial charge in [-0.25, -0.2) is 4.79 Å². The molecule has 21 heavy (non-hydrogen) atoms. The van der Waals surface area contributed by atoms with E-state index in [2.05, 4.69) is 15.3 Å². The fraction of sp³-hybridized carbons (Fsp3) is 0.643. The molecule has 0 aromatic carbocycles. The van der Waals surface area contributed by atoms with Gasteiger partial charge in [0, 0.05) is 19.3 Å². The van der Waals surface area contributed by atoms with E-state index < -0.39 is 11.2 Å². The van der Waals surface area contributed by atoms with Crippen LogP contribution in [0.4, 0.5) is 0 Å². The van der Waals surface area contributed by atoms with Crippen LogP contribution in [0.15, 0.2) is 15.8 Å². The second-order valence-electron chi connectivity index (χ2n) is 5.45. The fourth-order valence-corrected chi connectivity index (χ4v) is 2.68.